The van der Waals surface area contributed by atoms with E-state index in [0.717, 1.165) is 45.3 Å². The van der Waals surface area contributed by atoms with Gasteiger partial charge in [0, 0.05) is 57.9 Å². The number of amides is 1. The van der Waals surface area contributed by atoms with Crippen LogP contribution in [0.1, 0.15) is 37.3 Å². The predicted molar refractivity (Wildman–Crippen MR) is 163 cm³/mol. The number of aliphatic hydroxyl groups is 2. The first kappa shape index (κ1) is 32.4. The molecule has 2 fully saturated rings. The van der Waals surface area contributed by atoms with Gasteiger partial charge in [0.15, 0.2) is 0 Å². The van der Waals surface area contributed by atoms with Crippen LogP contribution in [0.4, 0.5) is 4.39 Å². The van der Waals surface area contributed by atoms with Crippen molar-refractivity contribution >= 4 is 5.91 Å². The second kappa shape index (κ2) is 16.3. The number of hydrogen-bond donors (Lipinski definition) is 2. The number of ether oxygens (including phenoxy) is 1. The van der Waals surface area contributed by atoms with Gasteiger partial charge < -0.3 is 19.8 Å². The van der Waals surface area contributed by atoms with Crippen LogP contribution >= 0.6 is 0 Å². The van der Waals surface area contributed by atoms with Gasteiger partial charge in [0.25, 0.3) is 0 Å². The quantitative estimate of drug-likeness (QED) is 0.333. The molecule has 0 aliphatic carbocycles. The molecule has 232 valence electrons. The van der Waals surface area contributed by atoms with Gasteiger partial charge in [-0.3, -0.25) is 19.5 Å². The van der Waals surface area contributed by atoms with Gasteiger partial charge in [-0.05, 0) is 68.8 Å². The Morgan fingerprint density at radius 3 is 2.26 bits per heavy atom. The topological polar surface area (TPSA) is 79.7 Å². The van der Waals surface area contributed by atoms with E-state index in [9.17, 15) is 19.4 Å². The Kier molecular flexibility index (Phi) is 12.6. The maximum atomic E-state index is 14.5. The number of benzene rings is 2. The van der Waals surface area contributed by atoms with Crippen LogP contribution in [0, 0.1) is 11.2 Å². The molecule has 4 rings (SSSR count). The Morgan fingerprint density at radius 2 is 1.62 bits per heavy atom. The monoisotopic (exact) mass is 584 g/mol. The summed E-state index contributed by atoms with van der Waals surface area (Å²) in [7, 11) is 0. The van der Waals surface area contributed by atoms with Crippen LogP contribution in [-0.2, 0) is 17.8 Å². The minimum absolute atomic E-state index is 0.0800. The lowest BCUT2D eigenvalue weighted by molar-refractivity contribution is -0.135. The second-order valence-electron chi connectivity index (χ2n) is 11.8. The van der Waals surface area contributed by atoms with Gasteiger partial charge in [-0.2, -0.15) is 0 Å². The number of aliphatic hydroxyl groups excluding tert-OH is 2. The zero-order valence-electron chi connectivity index (χ0n) is 25.2. The third-order valence-electron chi connectivity index (χ3n) is 8.94. The number of aryl methyl sites for hydroxylation is 1. The summed E-state index contributed by atoms with van der Waals surface area (Å²) in [6, 6.07) is 15.5. The van der Waals surface area contributed by atoms with E-state index >= 15 is 0 Å². The highest BCUT2D eigenvalue weighted by Gasteiger charge is 2.36. The zero-order chi connectivity index (χ0) is 29.8. The number of hydrogen-bond acceptors (Lipinski definition) is 7. The highest BCUT2D eigenvalue weighted by atomic mass is 19.1. The number of carbonyl (C=O) groups is 1. The van der Waals surface area contributed by atoms with Crippen molar-refractivity contribution in [2.75, 3.05) is 85.3 Å². The molecule has 42 heavy (non-hydrogen) atoms. The molecule has 0 aromatic heterocycles. The Labute approximate surface area is 250 Å². The Balaban J connectivity index is 1.28. The van der Waals surface area contributed by atoms with Gasteiger partial charge in [0.05, 0.1) is 26.4 Å². The number of likely N-dealkylation sites (tertiary alicyclic amines) is 1. The summed E-state index contributed by atoms with van der Waals surface area (Å²) in [5.41, 5.74) is 1.99. The van der Waals surface area contributed by atoms with E-state index in [1.165, 1.54) is 11.6 Å². The van der Waals surface area contributed by atoms with E-state index < -0.39 is 0 Å². The van der Waals surface area contributed by atoms with Crippen LogP contribution in [0.5, 0.6) is 5.75 Å². The fourth-order valence-electron chi connectivity index (χ4n) is 6.41. The Morgan fingerprint density at radius 1 is 0.929 bits per heavy atom. The highest BCUT2D eigenvalue weighted by Crippen LogP contribution is 2.37. The Hall–Kier alpha value is -2.56. The van der Waals surface area contributed by atoms with Crippen molar-refractivity contribution in [3.8, 4) is 5.75 Å². The lowest BCUT2D eigenvalue weighted by Gasteiger charge is -2.45. The van der Waals surface area contributed by atoms with Crippen molar-refractivity contribution in [3.63, 3.8) is 0 Å². The summed E-state index contributed by atoms with van der Waals surface area (Å²) in [4.78, 5) is 21.9. The summed E-state index contributed by atoms with van der Waals surface area (Å²) >= 11 is 0. The molecule has 2 saturated heterocycles. The van der Waals surface area contributed by atoms with Crippen LogP contribution in [0.25, 0.3) is 0 Å². The first-order chi connectivity index (χ1) is 20.4. The zero-order valence-corrected chi connectivity index (χ0v) is 25.2. The molecule has 1 amide bonds. The molecule has 2 aromatic rings. The van der Waals surface area contributed by atoms with Crippen LogP contribution in [0.3, 0.4) is 0 Å². The van der Waals surface area contributed by atoms with Gasteiger partial charge in [-0.25, -0.2) is 4.39 Å². The first-order valence-electron chi connectivity index (χ1n) is 15.6. The molecule has 2 aliphatic heterocycles. The number of halogens is 1. The summed E-state index contributed by atoms with van der Waals surface area (Å²) < 4.78 is 20.2. The number of rotatable bonds is 15. The third-order valence-corrected chi connectivity index (χ3v) is 8.94. The second-order valence-corrected chi connectivity index (χ2v) is 11.8. The molecule has 0 saturated carbocycles. The molecular formula is C33H49FN4O4. The van der Waals surface area contributed by atoms with Crippen LogP contribution < -0.4 is 4.74 Å². The Bertz CT molecular complexity index is 1080. The molecule has 0 radical (unpaired) electrons. The standard InChI is InChI=1S/C33H49FN4O4/c1-2-42-31-10-6-9-30(34)29(31)25-36-17-19-38(20-18-36)32(41)26-35-15-13-33(14-16-35,27-37(21-23-39)22-24-40)12-11-28-7-4-3-5-8-28/h3-10,39-40H,2,11-27H2,1H3. The summed E-state index contributed by atoms with van der Waals surface area (Å²) in [6.45, 7) is 9.84. The van der Waals surface area contributed by atoms with E-state index in [1.54, 1.807) is 6.07 Å². The van der Waals surface area contributed by atoms with Crippen LogP contribution in [0.15, 0.2) is 48.5 Å². The number of nitrogens with zero attached hydrogens (tertiary/aromatic N) is 4. The molecule has 2 aliphatic rings. The van der Waals surface area contributed by atoms with E-state index in [1.807, 2.05) is 24.0 Å². The molecular weight excluding hydrogens is 535 g/mol. The molecule has 0 unspecified atom stereocenters. The fraction of sp³-hybridized carbons (Fsp3) is 0.606. The van der Waals surface area contributed by atoms with Gasteiger partial charge in [-0.1, -0.05) is 36.4 Å². The molecule has 2 N–H and O–H groups in total. The maximum Gasteiger partial charge on any atom is 0.236 e. The normalized spacial score (nSPS) is 18.0. The van der Waals surface area contributed by atoms with Gasteiger partial charge >= 0.3 is 0 Å². The van der Waals surface area contributed by atoms with Crippen molar-refractivity contribution in [2.24, 2.45) is 5.41 Å². The smallest absolute Gasteiger partial charge is 0.236 e. The molecule has 0 spiro atoms. The number of piperidine rings is 1. The van der Waals surface area contributed by atoms with Gasteiger partial charge in [-0.15, -0.1) is 0 Å². The minimum Gasteiger partial charge on any atom is -0.493 e. The van der Waals surface area contributed by atoms with Gasteiger partial charge in [0.2, 0.25) is 5.91 Å². The molecule has 2 heterocycles. The molecule has 8 nitrogen and oxygen atoms in total. The van der Waals surface area contributed by atoms with E-state index in [4.69, 9.17) is 4.74 Å². The van der Waals surface area contributed by atoms with Crippen molar-refractivity contribution < 1.29 is 24.1 Å². The highest BCUT2D eigenvalue weighted by molar-refractivity contribution is 5.78. The van der Waals surface area contributed by atoms with E-state index in [2.05, 4.69) is 39.0 Å². The maximum absolute atomic E-state index is 14.5. The van der Waals surface area contributed by atoms with Crippen molar-refractivity contribution in [1.82, 2.24) is 19.6 Å². The average Bonchev–Trinajstić information content (AvgIpc) is 3.00. The van der Waals surface area contributed by atoms with Crippen molar-refractivity contribution in [1.29, 1.82) is 0 Å². The fourth-order valence-corrected chi connectivity index (χ4v) is 6.41. The first-order valence-corrected chi connectivity index (χ1v) is 15.6. The van der Waals surface area contributed by atoms with Crippen molar-refractivity contribution in [3.05, 3.63) is 65.5 Å². The van der Waals surface area contributed by atoms with E-state index in [-0.39, 0.29) is 30.4 Å². The SMILES string of the molecule is CCOc1cccc(F)c1CN1CCN(C(=O)CN2CCC(CCc3ccccc3)(CN(CCO)CCO)CC2)CC1. The molecule has 9 heteroatoms. The summed E-state index contributed by atoms with van der Waals surface area (Å²) in [5, 5.41) is 19.2. The lowest BCUT2D eigenvalue weighted by Crippen LogP contribution is -2.53. The molecule has 0 atom stereocenters. The molecule has 2 aromatic carbocycles. The predicted octanol–water partition coefficient (Wildman–Crippen LogP) is 2.87. The van der Waals surface area contributed by atoms with Crippen LogP contribution in [-0.4, -0.2) is 121 Å². The number of carbonyl (C=O) groups excluding carboxylic acids is 1. The lowest BCUT2D eigenvalue weighted by atomic mass is 9.73. The van der Waals surface area contributed by atoms with Crippen LogP contribution in [0.2, 0.25) is 0 Å². The largest absolute Gasteiger partial charge is 0.493 e. The van der Waals surface area contributed by atoms with Crippen molar-refractivity contribution in [2.45, 2.75) is 39.2 Å². The number of piperazine rings is 1. The summed E-state index contributed by atoms with van der Waals surface area (Å²) in [6.07, 6.45) is 4.01. The van der Waals surface area contributed by atoms with E-state index in [0.29, 0.717) is 70.3 Å². The average molecular weight is 585 g/mol. The van der Waals surface area contributed by atoms with Gasteiger partial charge in [0.1, 0.15) is 11.6 Å². The molecule has 0 bridgehead atoms. The third kappa shape index (κ3) is 9.22. The minimum atomic E-state index is -0.250. The summed E-state index contributed by atoms with van der Waals surface area (Å²) in [5.74, 6) is 0.506.